The largest absolute Gasteiger partial charge is 0.495 e. The number of rotatable bonds is 5. The van der Waals surface area contributed by atoms with Crippen LogP contribution in [0.3, 0.4) is 0 Å². The van der Waals surface area contributed by atoms with Crippen LogP contribution in [0.5, 0.6) is 5.75 Å². The van der Waals surface area contributed by atoms with Gasteiger partial charge in [-0.05, 0) is 42.8 Å². The van der Waals surface area contributed by atoms with E-state index in [4.69, 9.17) is 22.1 Å². The molecule has 0 heterocycles. The fourth-order valence-electron chi connectivity index (χ4n) is 2.29. The molecule has 0 amide bonds. The van der Waals surface area contributed by atoms with Crippen LogP contribution in [-0.4, -0.2) is 20.7 Å². The average molecular weight is 291 g/mol. The summed E-state index contributed by atoms with van der Waals surface area (Å²) in [5, 5.41) is 0.745. The lowest BCUT2D eigenvalue weighted by Gasteiger charge is -2.25. The molecule has 4 heteroatoms. The molecule has 0 spiro atoms. The highest BCUT2D eigenvalue weighted by molar-refractivity contribution is 6.31. The summed E-state index contributed by atoms with van der Waals surface area (Å²) in [6, 6.07) is 13.8. The summed E-state index contributed by atoms with van der Waals surface area (Å²) in [5.74, 6) is 0.827. The van der Waals surface area contributed by atoms with E-state index in [1.807, 2.05) is 49.5 Å². The minimum Gasteiger partial charge on any atom is -0.495 e. The second-order valence-corrected chi connectivity index (χ2v) is 4.91. The van der Waals surface area contributed by atoms with Gasteiger partial charge < -0.3 is 15.4 Å². The van der Waals surface area contributed by atoms with Crippen LogP contribution < -0.4 is 15.4 Å². The van der Waals surface area contributed by atoms with E-state index in [1.54, 1.807) is 7.11 Å². The Balaban J connectivity index is 2.48. The molecule has 0 radical (unpaired) electrons. The maximum Gasteiger partial charge on any atom is 0.142 e. The molecule has 0 aromatic heterocycles. The van der Waals surface area contributed by atoms with Gasteiger partial charge in [-0.3, -0.25) is 0 Å². The van der Waals surface area contributed by atoms with Crippen LogP contribution >= 0.6 is 11.6 Å². The topological polar surface area (TPSA) is 38.5 Å². The summed E-state index contributed by atoms with van der Waals surface area (Å²) < 4.78 is 5.42. The Hall–Kier alpha value is -1.71. The number of nitrogens with zero attached hydrogens (tertiary/aromatic N) is 1. The predicted molar refractivity (Wildman–Crippen MR) is 85.3 cm³/mol. The fourth-order valence-corrected chi connectivity index (χ4v) is 2.55. The molecule has 3 nitrogen and oxygen atoms in total. The lowest BCUT2D eigenvalue weighted by Crippen LogP contribution is -2.15. The van der Waals surface area contributed by atoms with Gasteiger partial charge in [-0.1, -0.05) is 29.8 Å². The van der Waals surface area contributed by atoms with Crippen molar-refractivity contribution in [1.82, 2.24) is 0 Å². The third kappa shape index (κ3) is 2.89. The highest BCUT2D eigenvalue weighted by Crippen LogP contribution is 2.36. The van der Waals surface area contributed by atoms with Crippen LogP contribution in [-0.2, 0) is 6.42 Å². The van der Waals surface area contributed by atoms with Crippen LogP contribution in [0.2, 0.25) is 5.02 Å². The molecular formula is C16H19ClN2O. The minimum absolute atomic E-state index is 0.566. The van der Waals surface area contributed by atoms with Gasteiger partial charge in [0.05, 0.1) is 12.8 Å². The first-order valence-corrected chi connectivity index (χ1v) is 6.91. The Morgan fingerprint density at radius 2 is 1.80 bits per heavy atom. The molecule has 0 unspecified atom stereocenters. The quantitative estimate of drug-likeness (QED) is 0.914. The highest BCUT2D eigenvalue weighted by atomic mass is 35.5. The average Bonchev–Trinajstić information content (AvgIpc) is 2.48. The van der Waals surface area contributed by atoms with E-state index in [0.717, 1.165) is 34.1 Å². The van der Waals surface area contributed by atoms with Gasteiger partial charge >= 0.3 is 0 Å². The minimum atomic E-state index is 0.566. The van der Waals surface area contributed by atoms with Gasteiger partial charge in [-0.25, -0.2) is 0 Å². The first kappa shape index (κ1) is 14.7. The predicted octanol–water partition coefficient (Wildman–Crippen LogP) is 3.62. The summed E-state index contributed by atoms with van der Waals surface area (Å²) in [7, 11) is 3.68. The van der Waals surface area contributed by atoms with Crippen molar-refractivity contribution in [1.29, 1.82) is 0 Å². The lowest BCUT2D eigenvalue weighted by atomic mass is 10.1. The summed E-state index contributed by atoms with van der Waals surface area (Å²) in [6.45, 7) is 0.566. The van der Waals surface area contributed by atoms with Crippen molar-refractivity contribution in [2.24, 2.45) is 5.73 Å². The van der Waals surface area contributed by atoms with Crippen LogP contribution in [0.1, 0.15) is 5.56 Å². The van der Waals surface area contributed by atoms with E-state index in [0.29, 0.717) is 6.54 Å². The first-order chi connectivity index (χ1) is 9.69. The maximum absolute atomic E-state index is 6.30. The zero-order valence-electron chi connectivity index (χ0n) is 11.8. The molecule has 0 saturated heterocycles. The van der Waals surface area contributed by atoms with Crippen molar-refractivity contribution in [2.45, 2.75) is 6.42 Å². The molecule has 0 aliphatic carbocycles. The highest BCUT2D eigenvalue weighted by Gasteiger charge is 2.14. The second kappa shape index (κ2) is 6.64. The van der Waals surface area contributed by atoms with Gasteiger partial charge in [0, 0.05) is 17.8 Å². The molecule has 2 aromatic rings. The number of hydrogen-bond donors (Lipinski definition) is 1. The van der Waals surface area contributed by atoms with Gasteiger partial charge in [0.15, 0.2) is 0 Å². The third-order valence-corrected chi connectivity index (χ3v) is 3.65. The van der Waals surface area contributed by atoms with Crippen molar-refractivity contribution >= 4 is 23.0 Å². The molecule has 2 aromatic carbocycles. The molecule has 0 aliphatic rings. The molecule has 2 rings (SSSR count). The number of hydrogen-bond acceptors (Lipinski definition) is 3. The Morgan fingerprint density at radius 3 is 2.50 bits per heavy atom. The summed E-state index contributed by atoms with van der Waals surface area (Å²) in [5.41, 5.74) is 8.80. The van der Waals surface area contributed by atoms with Gasteiger partial charge in [0.1, 0.15) is 5.75 Å². The lowest BCUT2D eigenvalue weighted by molar-refractivity contribution is 0.415. The maximum atomic E-state index is 6.30. The molecule has 20 heavy (non-hydrogen) atoms. The van der Waals surface area contributed by atoms with Gasteiger partial charge in [0.2, 0.25) is 0 Å². The zero-order chi connectivity index (χ0) is 14.5. The van der Waals surface area contributed by atoms with Gasteiger partial charge in [-0.2, -0.15) is 0 Å². The van der Waals surface area contributed by atoms with Crippen LogP contribution in [0.25, 0.3) is 0 Å². The van der Waals surface area contributed by atoms with Gasteiger partial charge in [-0.15, -0.1) is 0 Å². The van der Waals surface area contributed by atoms with Crippen molar-refractivity contribution < 1.29 is 4.74 Å². The van der Waals surface area contributed by atoms with Crippen LogP contribution in [0, 0.1) is 0 Å². The molecule has 0 atom stereocenters. The third-order valence-electron chi connectivity index (χ3n) is 3.30. The Bertz CT molecular complexity index is 586. The molecule has 0 saturated carbocycles. The van der Waals surface area contributed by atoms with Crippen molar-refractivity contribution in [2.75, 3.05) is 25.6 Å². The van der Waals surface area contributed by atoms with Crippen LogP contribution in [0.15, 0.2) is 42.5 Å². The Labute approximate surface area is 124 Å². The number of halogens is 1. The van der Waals surface area contributed by atoms with Crippen molar-refractivity contribution in [3.8, 4) is 5.75 Å². The van der Waals surface area contributed by atoms with Gasteiger partial charge in [0.25, 0.3) is 0 Å². The summed E-state index contributed by atoms with van der Waals surface area (Å²) in [4.78, 5) is 2.08. The number of nitrogens with two attached hydrogens (primary N) is 1. The Kier molecular flexibility index (Phi) is 4.88. The number of anilines is 2. The normalized spacial score (nSPS) is 10.4. The first-order valence-electron chi connectivity index (χ1n) is 6.53. The van der Waals surface area contributed by atoms with Crippen molar-refractivity contribution in [3.05, 3.63) is 53.1 Å². The van der Waals surface area contributed by atoms with E-state index in [9.17, 15) is 0 Å². The molecule has 0 aliphatic heterocycles. The van der Waals surface area contributed by atoms with E-state index >= 15 is 0 Å². The number of methoxy groups -OCH3 is 1. The molecule has 0 fully saturated rings. The number of benzene rings is 2. The smallest absolute Gasteiger partial charge is 0.142 e. The van der Waals surface area contributed by atoms with E-state index in [1.165, 1.54) is 0 Å². The van der Waals surface area contributed by atoms with Crippen molar-refractivity contribution in [3.63, 3.8) is 0 Å². The van der Waals surface area contributed by atoms with E-state index < -0.39 is 0 Å². The molecule has 0 bridgehead atoms. The molecule has 106 valence electrons. The van der Waals surface area contributed by atoms with E-state index in [-0.39, 0.29) is 0 Å². The molecule has 2 N–H and O–H groups in total. The summed E-state index contributed by atoms with van der Waals surface area (Å²) in [6.07, 6.45) is 0.745. The number of ether oxygens (including phenoxy) is 1. The molecular weight excluding hydrogens is 272 g/mol. The summed E-state index contributed by atoms with van der Waals surface area (Å²) >= 11 is 6.30. The number of para-hydroxylation sites is 2. The van der Waals surface area contributed by atoms with E-state index in [2.05, 4.69) is 4.90 Å². The fraction of sp³-hybridized carbons (Fsp3) is 0.250. The Morgan fingerprint density at radius 1 is 1.10 bits per heavy atom. The SMILES string of the molecule is COc1ccccc1N(C)c1cccc(Cl)c1CCN. The van der Waals surface area contributed by atoms with Crippen LogP contribution in [0.4, 0.5) is 11.4 Å². The monoisotopic (exact) mass is 290 g/mol. The standard InChI is InChI=1S/C16H19ClN2O/c1-19(15-7-3-4-9-16(15)20-2)14-8-5-6-13(17)12(14)10-11-18/h3-9H,10-11,18H2,1-2H3. The zero-order valence-corrected chi connectivity index (χ0v) is 12.5. The second-order valence-electron chi connectivity index (χ2n) is 4.51.